The lowest BCUT2D eigenvalue weighted by molar-refractivity contribution is -0.127. The van der Waals surface area contributed by atoms with Gasteiger partial charge in [0.25, 0.3) is 6.43 Å². The molecule has 33 heavy (non-hydrogen) atoms. The molecule has 3 saturated heterocycles. The Labute approximate surface area is 188 Å². The monoisotopic (exact) mass is 462 g/mol. The molecule has 3 fully saturated rings. The van der Waals surface area contributed by atoms with E-state index in [0.29, 0.717) is 37.9 Å². The van der Waals surface area contributed by atoms with Crippen LogP contribution in [-0.2, 0) is 14.3 Å². The van der Waals surface area contributed by atoms with Crippen LogP contribution in [0, 0.1) is 5.41 Å². The topological polar surface area (TPSA) is 132 Å². The predicted octanol–water partition coefficient (Wildman–Crippen LogP) is 0.442. The van der Waals surface area contributed by atoms with Gasteiger partial charge in [-0.05, 0) is 0 Å². The Morgan fingerprint density at radius 1 is 1.12 bits per heavy atom. The molecule has 176 valence electrons. The van der Waals surface area contributed by atoms with E-state index in [4.69, 9.17) is 15.2 Å². The van der Waals surface area contributed by atoms with Crippen LogP contribution in [0.25, 0.3) is 11.4 Å². The van der Waals surface area contributed by atoms with Crippen molar-refractivity contribution in [3.63, 3.8) is 0 Å². The van der Waals surface area contributed by atoms with Crippen molar-refractivity contribution in [3.8, 4) is 11.4 Å². The molecule has 0 aromatic carbocycles. The molecule has 0 radical (unpaired) electrons. The Morgan fingerprint density at radius 2 is 1.82 bits per heavy atom. The van der Waals surface area contributed by atoms with Crippen LogP contribution in [0.3, 0.4) is 0 Å². The molecule has 3 N–H and O–H groups in total. The van der Waals surface area contributed by atoms with Gasteiger partial charge in [0, 0.05) is 38.4 Å². The Morgan fingerprint density at radius 3 is 2.42 bits per heavy atom. The second kappa shape index (κ2) is 8.72. The summed E-state index contributed by atoms with van der Waals surface area (Å²) in [4.78, 5) is 32.7. The van der Waals surface area contributed by atoms with Crippen molar-refractivity contribution in [1.82, 2.24) is 19.9 Å². The fourth-order valence-electron chi connectivity index (χ4n) is 4.13. The molecule has 5 heterocycles. The Kier molecular flexibility index (Phi) is 5.76. The normalized spacial score (nSPS) is 19.4. The third kappa shape index (κ3) is 4.30. The first-order valence-corrected chi connectivity index (χ1v) is 10.7. The molecule has 1 spiro atoms. The van der Waals surface area contributed by atoms with Crippen molar-refractivity contribution in [2.75, 3.05) is 74.3 Å². The zero-order valence-corrected chi connectivity index (χ0v) is 17.8. The summed E-state index contributed by atoms with van der Waals surface area (Å²) in [6.07, 6.45) is -1.71. The van der Waals surface area contributed by atoms with Gasteiger partial charge in [0.05, 0.1) is 44.0 Å². The van der Waals surface area contributed by atoms with E-state index in [-0.39, 0.29) is 29.3 Å². The lowest BCUT2D eigenvalue weighted by Gasteiger charge is -2.55. The van der Waals surface area contributed by atoms with Crippen LogP contribution in [0.1, 0.15) is 12.1 Å². The third-order valence-electron chi connectivity index (χ3n) is 5.93. The number of alkyl halides is 2. The number of nitrogens with zero attached hydrogens (tertiary/aromatic N) is 6. The van der Waals surface area contributed by atoms with Gasteiger partial charge in [-0.1, -0.05) is 0 Å². The van der Waals surface area contributed by atoms with Crippen molar-refractivity contribution >= 4 is 23.5 Å². The summed E-state index contributed by atoms with van der Waals surface area (Å²) >= 11 is 0. The van der Waals surface area contributed by atoms with Crippen LogP contribution in [0.4, 0.5) is 26.4 Å². The summed E-state index contributed by atoms with van der Waals surface area (Å²) in [5.74, 6) is 0.558. The van der Waals surface area contributed by atoms with Gasteiger partial charge in [0.1, 0.15) is 17.3 Å². The lowest BCUT2D eigenvalue weighted by atomic mass is 9.78. The number of anilines is 3. The second-order valence-electron chi connectivity index (χ2n) is 8.40. The van der Waals surface area contributed by atoms with E-state index in [1.165, 1.54) is 6.20 Å². The number of hydrogen-bond donors (Lipinski definition) is 2. The van der Waals surface area contributed by atoms with Crippen LogP contribution in [0.2, 0.25) is 0 Å². The number of carbonyl (C=O) groups excluding carboxylic acids is 1. The van der Waals surface area contributed by atoms with E-state index in [0.717, 1.165) is 26.3 Å². The van der Waals surface area contributed by atoms with E-state index in [2.05, 4.69) is 30.2 Å². The number of ether oxygens (including phenoxy) is 2. The van der Waals surface area contributed by atoms with Gasteiger partial charge in [-0.25, -0.2) is 28.7 Å². The SMILES string of the molecule is NCC(=O)Nc1ncc(-c2nc(N3CCOCC3)cc(N3CC4(COC4)C3)n2)c(C(F)F)n1. The zero-order valence-electron chi connectivity index (χ0n) is 17.8. The Hall–Kier alpha value is -3.03. The van der Waals surface area contributed by atoms with E-state index in [1.54, 1.807) is 0 Å². The summed E-state index contributed by atoms with van der Waals surface area (Å²) in [5, 5.41) is 2.30. The minimum Gasteiger partial charge on any atom is -0.380 e. The number of halogens is 2. The molecule has 0 saturated carbocycles. The third-order valence-corrected chi connectivity index (χ3v) is 5.93. The van der Waals surface area contributed by atoms with Gasteiger partial charge in [-0.15, -0.1) is 0 Å². The fourth-order valence-corrected chi connectivity index (χ4v) is 4.13. The summed E-state index contributed by atoms with van der Waals surface area (Å²) in [6.45, 7) is 5.08. The molecular formula is C20H24F2N8O3. The number of amides is 1. The van der Waals surface area contributed by atoms with Gasteiger partial charge in [-0.3, -0.25) is 10.1 Å². The fraction of sp³-hybridized carbons (Fsp3) is 0.550. The molecule has 1 amide bonds. The van der Waals surface area contributed by atoms with Crippen molar-refractivity contribution < 1.29 is 23.0 Å². The van der Waals surface area contributed by atoms with E-state index in [1.807, 2.05) is 11.0 Å². The molecule has 0 unspecified atom stereocenters. The maximum atomic E-state index is 13.9. The van der Waals surface area contributed by atoms with Gasteiger partial charge >= 0.3 is 0 Å². The van der Waals surface area contributed by atoms with E-state index < -0.39 is 18.0 Å². The molecule has 0 aliphatic carbocycles. The first kappa shape index (κ1) is 21.8. The maximum Gasteiger partial charge on any atom is 0.281 e. The number of aromatic nitrogens is 4. The predicted molar refractivity (Wildman–Crippen MR) is 114 cm³/mol. The van der Waals surface area contributed by atoms with Gasteiger partial charge < -0.3 is 25.0 Å². The number of morpholine rings is 1. The number of hydrogen-bond acceptors (Lipinski definition) is 10. The average Bonchev–Trinajstić information content (AvgIpc) is 2.77. The highest BCUT2D eigenvalue weighted by atomic mass is 19.3. The summed E-state index contributed by atoms with van der Waals surface area (Å²) < 4.78 is 38.6. The van der Waals surface area contributed by atoms with Gasteiger partial charge in [0.2, 0.25) is 11.9 Å². The highest BCUT2D eigenvalue weighted by Crippen LogP contribution is 2.41. The minimum atomic E-state index is -2.92. The molecule has 0 atom stereocenters. The molecule has 5 rings (SSSR count). The second-order valence-corrected chi connectivity index (χ2v) is 8.40. The Bertz CT molecular complexity index is 1040. The first-order chi connectivity index (χ1) is 16.0. The molecule has 13 heteroatoms. The van der Waals surface area contributed by atoms with Crippen LogP contribution in [0.15, 0.2) is 12.3 Å². The van der Waals surface area contributed by atoms with Gasteiger partial charge in [-0.2, -0.15) is 0 Å². The zero-order chi connectivity index (χ0) is 23.0. The number of rotatable bonds is 6. The Balaban J connectivity index is 1.52. The van der Waals surface area contributed by atoms with Crippen molar-refractivity contribution in [2.45, 2.75) is 6.43 Å². The molecule has 2 aromatic heterocycles. The summed E-state index contributed by atoms with van der Waals surface area (Å²) in [7, 11) is 0. The van der Waals surface area contributed by atoms with Crippen LogP contribution in [-0.4, -0.2) is 85.0 Å². The summed E-state index contributed by atoms with van der Waals surface area (Å²) in [5.41, 5.74) is 4.87. The van der Waals surface area contributed by atoms with Crippen molar-refractivity contribution in [2.24, 2.45) is 11.1 Å². The van der Waals surface area contributed by atoms with Crippen LogP contribution >= 0.6 is 0 Å². The molecular weight excluding hydrogens is 438 g/mol. The maximum absolute atomic E-state index is 13.9. The quantitative estimate of drug-likeness (QED) is 0.623. The minimum absolute atomic E-state index is 0.00863. The number of carbonyl (C=O) groups is 1. The van der Waals surface area contributed by atoms with Crippen molar-refractivity contribution in [1.29, 1.82) is 0 Å². The molecule has 0 bridgehead atoms. The molecule has 3 aliphatic rings. The number of nitrogens with two attached hydrogens (primary N) is 1. The van der Waals surface area contributed by atoms with Crippen LogP contribution in [0.5, 0.6) is 0 Å². The highest BCUT2D eigenvalue weighted by molar-refractivity contribution is 5.90. The van der Waals surface area contributed by atoms with E-state index in [9.17, 15) is 13.6 Å². The largest absolute Gasteiger partial charge is 0.380 e. The van der Waals surface area contributed by atoms with Gasteiger partial charge in [0.15, 0.2) is 5.82 Å². The molecule has 3 aliphatic heterocycles. The highest BCUT2D eigenvalue weighted by Gasteiger charge is 2.49. The lowest BCUT2D eigenvalue weighted by Crippen LogP contribution is -2.66. The standard InChI is InChI=1S/C20H24F2N8O3/c21-17(22)16-12(7-24-19(28-16)27-15(31)6-23)18-25-13(29-1-3-32-4-2-29)5-14(26-18)30-8-20(9-30)10-33-11-20/h5,7,17H,1-4,6,8-11,23H2,(H,24,27,28,31). The summed E-state index contributed by atoms with van der Waals surface area (Å²) in [6, 6.07) is 1.87. The average molecular weight is 462 g/mol. The van der Waals surface area contributed by atoms with E-state index >= 15 is 0 Å². The first-order valence-electron chi connectivity index (χ1n) is 10.7. The smallest absolute Gasteiger partial charge is 0.281 e. The molecule has 2 aromatic rings. The van der Waals surface area contributed by atoms with Crippen LogP contribution < -0.4 is 20.9 Å². The molecule has 11 nitrogen and oxygen atoms in total. The van der Waals surface area contributed by atoms with Crippen molar-refractivity contribution in [3.05, 3.63) is 18.0 Å². The number of nitrogens with one attached hydrogen (secondary N) is 1.